The molecule has 1 atom stereocenters. The standard InChI is InChI=1S/C29H29ClN4O3S/c1-20-7-5-8-22(17-20)19-33-21(2)26(25-9-3-4-10-27(25)33)18-31-32-29(35)28-11-6-16-34(28)38(36,37)24-14-12-23(30)13-15-24/h3-5,7-10,12-15,17-18,28H,6,11,16,19H2,1-2H3,(H,32,35)/b31-18-/t28-/m0/s1. The molecule has 38 heavy (non-hydrogen) atoms. The van der Waals surface area contributed by atoms with Gasteiger partial charge in [-0.1, -0.05) is 59.6 Å². The molecular weight excluding hydrogens is 520 g/mol. The van der Waals surface area contributed by atoms with E-state index in [1.165, 1.54) is 39.7 Å². The Morgan fingerprint density at radius 2 is 1.84 bits per heavy atom. The first-order valence-corrected chi connectivity index (χ1v) is 14.3. The number of carbonyl (C=O) groups excluding carboxylic acids is 1. The highest BCUT2D eigenvalue weighted by Crippen LogP contribution is 2.28. The van der Waals surface area contributed by atoms with Crippen LogP contribution in [0.2, 0.25) is 5.02 Å². The molecule has 3 aromatic carbocycles. The number of carbonyl (C=O) groups is 1. The van der Waals surface area contributed by atoms with Crippen molar-refractivity contribution in [2.45, 2.75) is 44.2 Å². The Bertz CT molecular complexity index is 1630. The molecule has 196 valence electrons. The van der Waals surface area contributed by atoms with Crippen LogP contribution in [0.4, 0.5) is 0 Å². The molecule has 0 bridgehead atoms. The Morgan fingerprint density at radius 3 is 2.61 bits per heavy atom. The maximum absolute atomic E-state index is 13.2. The summed E-state index contributed by atoms with van der Waals surface area (Å²) in [5, 5.41) is 5.74. The van der Waals surface area contributed by atoms with Gasteiger partial charge >= 0.3 is 0 Å². The molecule has 5 rings (SSSR count). The average Bonchev–Trinajstić information content (AvgIpc) is 3.50. The van der Waals surface area contributed by atoms with Gasteiger partial charge in [0, 0.05) is 40.3 Å². The molecule has 1 fully saturated rings. The number of sulfonamides is 1. The summed E-state index contributed by atoms with van der Waals surface area (Å²) in [6.07, 6.45) is 2.68. The van der Waals surface area contributed by atoms with E-state index in [2.05, 4.69) is 52.3 Å². The molecule has 0 spiro atoms. The van der Waals surface area contributed by atoms with E-state index in [-0.39, 0.29) is 11.4 Å². The summed E-state index contributed by atoms with van der Waals surface area (Å²) in [5.74, 6) is -0.447. The van der Waals surface area contributed by atoms with E-state index in [0.717, 1.165) is 22.2 Å². The monoisotopic (exact) mass is 548 g/mol. The van der Waals surface area contributed by atoms with Crippen LogP contribution in [0.3, 0.4) is 0 Å². The first-order chi connectivity index (χ1) is 18.3. The highest BCUT2D eigenvalue weighted by Gasteiger charge is 2.39. The van der Waals surface area contributed by atoms with Crippen LogP contribution in [0.15, 0.2) is 82.8 Å². The third-order valence-electron chi connectivity index (χ3n) is 7.00. The normalized spacial score (nSPS) is 16.4. The van der Waals surface area contributed by atoms with Gasteiger partial charge in [-0.05, 0) is 62.6 Å². The number of fused-ring (bicyclic) bond motifs is 1. The van der Waals surface area contributed by atoms with Crippen molar-refractivity contribution in [2.75, 3.05) is 6.54 Å². The Kier molecular flexibility index (Phi) is 7.38. The number of aromatic nitrogens is 1. The molecule has 0 saturated carbocycles. The Hall–Kier alpha value is -3.46. The van der Waals surface area contributed by atoms with Gasteiger partial charge in [0.25, 0.3) is 5.91 Å². The highest BCUT2D eigenvalue weighted by molar-refractivity contribution is 7.89. The smallest absolute Gasteiger partial charge is 0.258 e. The quantitative estimate of drug-likeness (QED) is 0.252. The van der Waals surface area contributed by atoms with E-state index in [1.54, 1.807) is 6.21 Å². The number of hydrogen-bond donors (Lipinski definition) is 1. The van der Waals surface area contributed by atoms with E-state index < -0.39 is 22.0 Å². The molecule has 0 aliphatic carbocycles. The number of hydrazone groups is 1. The number of hydrogen-bond acceptors (Lipinski definition) is 4. The Morgan fingerprint density at radius 1 is 1.08 bits per heavy atom. The van der Waals surface area contributed by atoms with Gasteiger partial charge in [0.2, 0.25) is 10.0 Å². The fourth-order valence-corrected chi connectivity index (χ4v) is 6.87. The fourth-order valence-electron chi connectivity index (χ4n) is 5.08. The number of para-hydroxylation sites is 1. The largest absolute Gasteiger partial charge is 0.340 e. The van der Waals surface area contributed by atoms with Crippen LogP contribution in [0.25, 0.3) is 10.9 Å². The molecular formula is C29H29ClN4O3S. The van der Waals surface area contributed by atoms with Crippen molar-refractivity contribution in [2.24, 2.45) is 5.10 Å². The summed E-state index contributed by atoms with van der Waals surface area (Å²) in [5.41, 5.74) is 8.01. The molecule has 4 aromatic rings. The van der Waals surface area contributed by atoms with Crippen molar-refractivity contribution in [3.05, 3.63) is 100 Å². The first-order valence-electron chi connectivity index (χ1n) is 12.5. The SMILES string of the molecule is Cc1cccc(Cn2c(C)c(/C=N\NC(=O)[C@@H]3CCCN3S(=O)(=O)c3ccc(Cl)cc3)c3ccccc32)c1. The van der Waals surface area contributed by atoms with Gasteiger partial charge in [-0.2, -0.15) is 9.41 Å². The molecule has 9 heteroatoms. The van der Waals surface area contributed by atoms with Crippen molar-refractivity contribution >= 4 is 44.6 Å². The fraction of sp³-hybridized carbons (Fsp3) is 0.241. The summed E-state index contributed by atoms with van der Waals surface area (Å²) < 4.78 is 29.9. The summed E-state index contributed by atoms with van der Waals surface area (Å²) in [6.45, 7) is 5.11. The minimum Gasteiger partial charge on any atom is -0.340 e. The zero-order valence-electron chi connectivity index (χ0n) is 21.3. The molecule has 7 nitrogen and oxygen atoms in total. The van der Waals surface area contributed by atoms with Gasteiger partial charge in [0.15, 0.2) is 0 Å². The third kappa shape index (κ3) is 5.12. The van der Waals surface area contributed by atoms with E-state index in [4.69, 9.17) is 11.6 Å². The lowest BCUT2D eigenvalue weighted by atomic mass is 10.1. The van der Waals surface area contributed by atoms with Crippen molar-refractivity contribution in [1.29, 1.82) is 0 Å². The van der Waals surface area contributed by atoms with Crippen LogP contribution in [0.5, 0.6) is 0 Å². The molecule has 2 heterocycles. The second-order valence-corrected chi connectivity index (χ2v) is 11.9. The van der Waals surface area contributed by atoms with Crippen molar-refractivity contribution < 1.29 is 13.2 Å². The van der Waals surface area contributed by atoms with Gasteiger partial charge in [0.05, 0.1) is 11.1 Å². The number of benzene rings is 3. The zero-order valence-corrected chi connectivity index (χ0v) is 22.8. The lowest BCUT2D eigenvalue weighted by molar-refractivity contribution is -0.124. The van der Waals surface area contributed by atoms with Crippen molar-refractivity contribution in [3.63, 3.8) is 0 Å². The van der Waals surface area contributed by atoms with Gasteiger partial charge in [-0.3, -0.25) is 4.79 Å². The molecule has 1 aliphatic heterocycles. The summed E-state index contributed by atoms with van der Waals surface area (Å²) in [7, 11) is -3.83. The second-order valence-electron chi connectivity index (χ2n) is 9.55. The summed E-state index contributed by atoms with van der Waals surface area (Å²) in [4.78, 5) is 13.2. The molecule has 1 N–H and O–H groups in total. The maximum Gasteiger partial charge on any atom is 0.258 e. The van der Waals surface area contributed by atoms with Crippen LogP contribution in [0.1, 0.15) is 35.2 Å². The predicted octanol–water partition coefficient (Wildman–Crippen LogP) is 5.26. The predicted molar refractivity (Wildman–Crippen MR) is 151 cm³/mol. The van der Waals surface area contributed by atoms with Crippen LogP contribution < -0.4 is 5.43 Å². The summed E-state index contributed by atoms with van der Waals surface area (Å²) >= 11 is 5.91. The average molecular weight is 549 g/mol. The van der Waals surface area contributed by atoms with Crippen molar-refractivity contribution in [3.8, 4) is 0 Å². The summed E-state index contributed by atoms with van der Waals surface area (Å²) in [6, 6.07) is 21.7. The minimum atomic E-state index is -3.83. The number of nitrogens with one attached hydrogen (secondary N) is 1. The van der Waals surface area contributed by atoms with Crippen molar-refractivity contribution in [1.82, 2.24) is 14.3 Å². The number of nitrogens with zero attached hydrogens (tertiary/aromatic N) is 3. The van der Waals surface area contributed by atoms with E-state index >= 15 is 0 Å². The van der Waals surface area contributed by atoms with Gasteiger partial charge in [0.1, 0.15) is 6.04 Å². The molecule has 1 amide bonds. The van der Waals surface area contributed by atoms with E-state index in [9.17, 15) is 13.2 Å². The number of amides is 1. The van der Waals surface area contributed by atoms with Crippen LogP contribution in [-0.4, -0.2) is 42.0 Å². The topological polar surface area (TPSA) is 83.8 Å². The molecule has 1 aliphatic rings. The Balaban J connectivity index is 1.36. The van der Waals surface area contributed by atoms with E-state index in [0.29, 0.717) is 24.4 Å². The van der Waals surface area contributed by atoms with E-state index in [1.807, 2.05) is 25.1 Å². The molecule has 1 saturated heterocycles. The first kappa shape index (κ1) is 26.2. The molecule has 1 aromatic heterocycles. The maximum atomic E-state index is 13.2. The van der Waals surface area contributed by atoms with Gasteiger partial charge in [-0.15, -0.1) is 0 Å². The Labute approximate surface area is 227 Å². The van der Waals surface area contributed by atoms with Gasteiger partial charge < -0.3 is 4.57 Å². The minimum absolute atomic E-state index is 0.113. The lowest BCUT2D eigenvalue weighted by Crippen LogP contribution is -2.44. The number of halogens is 1. The van der Waals surface area contributed by atoms with Gasteiger partial charge in [-0.25, -0.2) is 13.8 Å². The van der Waals surface area contributed by atoms with Crippen LogP contribution in [-0.2, 0) is 21.4 Å². The van der Waals surface area contributed by atoms with Crippen LogP contribution in [0, 0.1) is 13.8 Å². The number of aryl methyl sites for hydroxylation is 1. The molecule has 0 unspecified atom stereocenters. The third-order valence-corrected chi connectivity index (χ3v) is 9.17. The second kappa shape index (κ2) is 10.7. The molecule has 0 radical (unpaired) electrons. The lowest BCUT2D eigenvalue weighted by Gasteiger charge is -2.22. The number of rotatable bonds is 7. The zero-order chi connectivity index (χ0) is 26.9. The highest BCUT2D eigenvalue weighted by atomic mass is 35.5. The van der Waals surface area contributed by atoms with Crippen LogP contribution >= 0.6 is 11.6 Å².